The summed E-state index contributed by atoms with van der Waals surface area (Å²) in [7, 11) is -0.424. The molecule has 166 valence electrons. The molecule has 3 heterocycles. The molecule has 5 rings (SSSR count). The number of carbonyl (C=O) groups excluding carboxylic acids is 1. The van der Waals surface area contributed by atoms with Crippen molar-refractivity contribution in [1.82, 2.24) is 14.9 Å². The van der Waals surface area contributed by atoms with Crippen molar-refractivity contribution in [2.45, 2.75) is 90.2 Å². The number of hydrogen-bond acceptors (Lipinski definition) is 5. The Bertz CT molecular complexity index is 1030. The highest BCUT2D eigenvalue weighted by Crippen LogP contribution is 2.53. The van der Waals surface area contributed by atoms with Crippen LogP contribution in [0.1, 0.15) is 73.2 Å². The Hall–Kier alpha value is -2.06. The molecule has 0 spiro atoms. The van der Waals surface area contributed by atoms with Crippen LogP contribution in [0.2, 0.25) is 0 Å². The summed E-state index contributed by atoms with van der Waals surface area (Å²) in [6, 6.07) is 6.24. The van der Waals surface area contributed by atoms with E-state index in [2.05, 4.69) is 32.7 Å². The number of carbonyl (C=O) groups is 1. The fourth-order valence-corrected chi connectivity index (χ4v) is 4.60. The van der Waals surface area contributed by atoms with Crippen molar-refractivity contribution in [3.8, 4) is 0 Å². The van der Waals surface area contributed by atoms with Gasteiger partial charge in [-0.2, -0.15) is 0 Å². The van der Waals surface area contributed by atoms with Crippen LogP contribution in [0, 0.1) is 5.92 Å². The molecule has 0 unspecified atom stereocenters. The maximum absolute atomic E-state index is 12.9. The van der Waals surface area contributed by atoms with Crippen LogP contribution in [0.15, 0.2) is 18.2 Å². The van der Waals surface area contributed by atoms with Gasteiger partial charge in [0.2, 0.25) is 0 Å². The van der Waals surface area contributed by atoms with Gasteiger partial charge in [-0.15, -0.1) is 0 Å². The summed E-state index contributed by atoms with van der Waals surface area (Å²) in [6.07, 6.45) is 1.73. The Balaban J connectivity index is 1.41. The number of ether oxygens (including phenoxy) is 1. The molecule has 1 N–H and O–H groups in total. The van der Waals surface area contributed by atoms with Gasteiger partial charge in [-0.3, -0.25) is 4.90 Å². The highest BCUT2D eigenvalue weighted by molar-refractivity contribution is 6.62. The van der Waals surface area contributed by atoms with Crippen LogP contribution < -0.4 is 5.46 Å². The summed E-state index contributed by atoms with van der Waals surface area (Å²) in [6.45, 7) is 13.9. The van der Waals surface area contributed by atoms with Crippen molar-refractivity contribution in [1.29, 1.82) is 0 Å². The lowest BCUT2D eigenvalue weighted by molar-refractivity contribution is 0.00578. The monoisotopic (exact) mass is 425 g/mol. The second-order valence-corrected chi connectivity index (χ2v) is 11.2. The molecule has 7 nitrogen and oxygen atoms in total. The SMILES string of the molecule is CC(C)(C)OC(=O)N1[C@@H](c2nc3cc(B4OC(C)(C)C(C)(C)O4)ccc3[nH]2)C[C@@H]2C[C@@H]21. The fraction of sp³-hybridized carbons (Fsp3) is 0.652. The summed E-state index contributed by atoms with van der Waals surface area (Å²) < 4.78 is 18.1. The van der Waals surface area contributed by atoms with E-state index in [1.165, 1.54) is 0 Å². The molecule has 1 saturated carbocycles. The third kappa shape index (κ3) is 3.54. The number of likely N-dealkylation sites (tertiary alicyclic amines) is 1. The maximum atomic E-state index is 12.9. The highest BCUT2D eigenvalue weighted by atomic mass is 16.7. The number of rotatable bonds is 2. The molecular formula is C23H32BN3O4. The number of amides is 1. The van der Waals surface area contributed by atoms with E-state index in [1.807, 2.05) is 43.9 Å². The van der Waals surface area contributed by atoms with E-state index in [0.717, 1.165) is 35.2 Å². The topological polar surface area (TPSA) is 76.7 Å². The average molecular weight is 425 g/mol. The highest BCUT2D eigenvalue weighted by Gasteiger charge is 2.56. The van der Waals surface area contributed by atoms with E-state index in [0.29, 0.717) is 5.92 Å². The van der Waals surface area contributed by atoms with E-state index in [1.54, 1.807) is 0 Å². The van der Waals surface area contributed by atoms with E-state index in [-0.39, 0.29) is 29.4 Å². The van der Waals surface area contributed by atoms with Gasteiger partial charge in [-0.25, -0.2) is 9.78 Å². The van der Waals surface area contributed by atoms with Gasteiger partial charge in [-0.1, -0.05) is 6.07 Å². The van der Waals surface area contributed by atoms with Crippen LogP contribution in [0.5, 0.6) is 0 Å². The van der Waals surface area contributed by atoms with Gasteiger partial charge in [0.25, 0.3) is 0 Å². The molecule has 8 heteroatoms. The molecule has 1 aromatic heterocycles. The van der Waals surface area contributed by atoms with Gasteiger partial charge in [0.15, 0.2) is 0 Å². The Morgan fingerprint density at radius 2 is 1.87 bits per heavy atom. The summed E-state index contributed by atoms with van der Waals surface area (Å²) in [5.41, 5.74) is 1.46. The number of hydrogen-bond donors (Lipinski definition) is 1. The summed E-state index contributed by atoms with van der Waals surface area (Å²) in [5.74, 6) is 1.37. The molecular weight excluding hydrogens is 393 g/mol. The average Bonchev–Trinajstić information content (AvgIpc) is 3.02. The van der Waals surface area contributed by atoms with Gasteiger partial charge >= 0.3 is 13.2 Å². The van der Waals surface area contributed by atoms with Crippen LogP contribution in [0.25, 0.3) is 11.0 Å². The van der Waals surface area contributed by atoms with Gasteiger partial charge < -0.3 is 19.0 Å². The lowest BCUT2D eigenvalue weighted by Crippen LogP contribution is -2.41. The Kier molecular flexibility index (Phi) is 4.35. The predicted molar refractivity (Wildman–Crippen MR) is 119 cm³/mol. The van der Waals surface area contributed by atoms with Crippen molar-refractivity contribution >= 4 is 29.7 Å². The summed E-state index contributed by atoms with van der Waals surface area (Å²) in [5, 5.41) is 0. The van der Waals surface area contributed by atoms with Gasteiger partial charge in [0.05, 0.1) is 28.3 Å². The van der Waals surface area contributed by atoms with Crippen LogP contribution in [0.4, 0.5) is 4.79 Å². The minimum atomic E-state index is -0.514. The van der Waals surface area contributed by atoms with Crippen molar-refractivity contribution in [2.75, 3.05) is 0 Å². The molecule has 3 fully saturated rings. The van der Waals surface area contributed by atoms with E-state index < -0.39 is 12.7 Å². The van der Waals surface area contributed by atoms with Crippen LogP contribution in [0.3, 0.4) is 0 Å². The van der Waals surface area contributed by atoms with Crippen LogP contribution >= 0.6 is 0 Å². The number of nitrogens with zero attached hydrogens (tertiary/aromatic N) is 2. The Morgan fingerprint density at radius 1 is 1.19 bits per heavy atom. The number of H-pyrrole nitrogens is 1. The zero-order chi connectivity index (χ0) is 22.3. The van der Waals surface area contributed by atoms with E-state index in [9.17, 15) is 4.79 Å². The molecule has 1 amide bonds. The lowest BCUT2D eigenvalue weighted by atomic mass is 9.79. The molecule has 2 aromatic rings. The van der Waals surface area contributed by atoms with Crippen LogP contribution in [-0.4, -0.2) is 50.9 Å². The van der Waals surface area contributed by atoms with E-state index >= 15 is 0 Å². The number of aromatic amines is 1. The third-order valence-electron chi connectivity index (χ3n) is 7.08. The maximum Gasteiger partial charge on any atom is 0.494 e. The number of fused-ring (bicyclic) bond motifs is 2. The molecule has 3 atom stereocenters. The number of piperidine rings is 1. The number of aromatic nitrogens is 2. The molecule has 0 bridgehead atoms. The quantitative estimate of drug-likeness (QED) is 0.738. The van der Waals surface area contributed by atoms with Crippen molar-refractivity contribution in [3.63, 3.8) is 0 Å². The minimum Gasteiger partial charge on any atom is -0.444 e. The zero-order valence-electron chi connectivity index (χ0n) is 19.5. The molecule has 31 heavy (non-hydrogen) atoms. The first-order chi connectivity index (χ1) is 14.3. The second kappa shape index (κ2) is 6.48. The number of nitrogens with one attached hydrogen (secondary N) is 1. The predicted octanol–water partition coefficient (Wildman–Crippen LogP) is 3.93. The number of imidazole rings is 1. The first-order valence-electron chi connectivity index (χ1n) is 11.2. The smallest absolute Gasteiger partial charge is 0.444 e. The van der Waals surface area contributed by atoms with Gasteiger partial charge in [0, 0.05) is 6.04 Å². The van der Waals surface area contributed by atoms with Crippen LogP contribution in [-0.2, 0) is 14.0 Å². The molecule has 2 aliphatic heterocycles. The molecule has 2 saturated heterocycles. The zero-order valence-corrected chi connectivity index (χ0v) is 19.5. The van der Waals surface area contributed by atoms with Crippen molar-refractivity contribution in [2.24, 2.45) is 5.92 Å². The van der Waals surface area contributed by atoms with Crippen molar-refractivity contribution < 1.29 is 18.8 Å². The third-order valence-corrected chi connectivity index (χ3v) is 7.08. The largest absolute Gasteiger partial charge is 0.494 e. The fourth-order valence-electron chi connectivity index (χ4n) is 4.60. The van der Waals surface area contributed by atoms with Gasteiger partial charge in [0.1, 0.15) is 11.4 Å². The second-order valence-electron chi connectivity index (χ2n) is 11.2. The van der Waals surface area contributed by atoms with E-state index in [4.69, 9.17) is 19.0 Å². The van der Waals surface area contributed by atoms with Gasteiger partial charge in [-0.05, 0) is 84.8 Å². The normalized spacial score (nSPS) is 28.8. The first-order valence-corrected chi connectivity index (χ1v) is 11.2. The standard InChI is InChI=1S/C23H32BN3O4/c1-21(2,3)29-20(28)27-17-10-13(17)11-18(27)19-25-15-9-8-14(12-16(15)26-19)24-30-22(4,5)23(6,7)31-24/h8-9,12-13,17-18H,10-11H2,1-7H3,(H,25,26)/t13-,17-,18+/m0/s1. The summed E-state index contributed by atoms with van der Waals surface area (Å²) in [4.78, 5) is 23.1. The number of benzene rings is 1. The Morgan fingerprint density at radius 3 is 2.52 bits per heavy atom. The first kappa shape index (κ1) is 20.8. The molecule has 1 aliphatic carbocycles. The molecule has 0 radical (unpaired) electrons. The minimum absolute atomic E-state index is 0.0775. The Labute approximate surface area is 184 Å². The summed E-state index contributed by atoms with van der Waals surface area (Å²) >= 11 is 0. The van der Waals surface area contributed by atoms with Crippen molar-refractivity contribution in [3.05, 3.63) is 24.0 Å². The molecule has 1 aromatic carbocycles. The lowest BCUT2D eigenvalue weighted by Gasteiger charge is -2.32. The molecule has 3 aliphatic rings.